The summed E-state index contributed by atoms with van der Waals surface area (Å²) < 4.78 is 9.91. The van der Waals surface area contributed by atoms with Crippen molar-refractivity contribution in [3.8, 4) is 5.75 Å². The van der Waals surface area contributed by atoms with Crippen molar-refractivity contribution < 1.29 is 14.3 Å². The van der Waals surface area contributed by atoms with E-state index in [1.54, 1.807) is 12.1 Å². The van der Waals surface area contributed by atoms with Gasteiger partial charge in [-0.3, -0.25) is 0 Å². The highest BCUT2D eigenvalue weighted by molar-refractivity contribution is 5.63. The van der Waals surface area contributed by atoms with Crippen molar-refractivity contribution in [2.75, 3.05) is 13.2 Å². The van der Waals surface area contributed by atoms with Crippen LogP contribution in [0.4, 0.5) is 4.79 Å². The van der Waals surface area contributed by atoms with E-state index < -0.39 is 6.16 Å². The molecule has 0 heterocycles. The third-order valence-electron chi connectivity index (χ3n) is 2.09. The van der Waals surface area contributed by atoms with E-state index in [4.69, 9.17) is 15.2 Å². The zero-order valence-corrected chi connectivity index (χ0v) is 10.3. The van der Waals surface area contributed by atoms with Gasteiger partial charge in [0.25, 0.3) is 0 Å². The van der Waals surface area contributed by atoms with Crippen LogP contribution in [0.1, 0.15) is 19.4 Å². The predicted molar refractivity (Wildman–Crippen MR) is 66.0 cm³/mol. The van der Waals surface area contributed by atoms with Gasteiger partial charge < -0.3 is 15.2 Å². The second kappa shape index (κ2) is 6.91. The largest absolute Gasteiger partial charge is 0.513 e. The van der Waals surface area contributed by atoms with Crippen molar-refractivity contribution >= 4 is 6.16 Å². The summed E-state index contributed by atoms with van der Waals surface area (Å²) in [7, 11) is 0. The molecule has 0 spiro atoms. The molecule has 0 aliphatic carbocycles. The molecule has 4 nitrogen and oxygen atoms in total. The Morgan fingerprint density at radius 3 is 2.47 bits per heavy atom. The number of benzene rings is 1. The summed E-state index contributed by atoms with van der Waals surface area (Å²) in [5, 5.41) is 0. The molecule has 0 bridgehead atoms. The minimum absolute atomic E-state index is 0.300. The van der Waals surface area contributed by atoms with Crippen LogP contribution in [-0.2, 0) is 11.2 Å². The molecule has 17 heavy (non-hydrogen) atoms. The van der Waals surface area contributed by atoms with Crippen LogP contribution in [0, 0.1) is 5.92 Å². The van der Waals surface area contributed by atoms with Crippen LogP contribution < -0.4 is 10.5 Å². The van der Waals surface area contributed by atoms with Crippen molar-refractivity contribution in [3.05, 3.63) is 29.8 Å². The van der Waals surface area contributed by atoms with Crippen LogP contribution >= 0.6 is 0 Å². The van der Waals surface area contributed by atoms with Gasteiger partial charge in [-0.15, -0.1) is 0 Å². The molecular formula is C13H19NO3. The lowest BCUT2D eigenvalue weighted by Crippen LogP contribution is -2.14. The molecule has 0 aliphatic heterocycles. The van der Waals surface area contributed by atoms with Crippen LogP contribution in [0.2, 0.25) is 0 Å². The average molecular weight is 237 g/mol. The molecule has 0 aliphatic rings. The Morgan fingerprint density at radius 2 is 1.94 bits per heavy atom. The lowest BCUT2D eigenvalue weighted by molar-refractivity contribution is 0.0885. The first kappa shape index (κ1) is 13.5. The maximum absolute atomic E-state index is 11.3. The minimum atomic E-state index is -0.662. The van der Waals surface area contributed by atoms with Crippen LogP contribution in [0.5, 0.6) is 5.75 Å². The summed E-state index contributed by atoms with van der Waals surface area (Å²) in [6.07, 6.45) is 0.156. The number of hydrogen-bond acceptors (Lipinski definition) is 4. The topological polar surface area (TPSA) is 61.5 Å². The quantitative estimate of drug-likeness (QED) is 0.630. The van der Waals surface area contributed by atoms with Crippen LogP contribution in [0.3, 0.4) is 0 Å². The summed E-state index contributed by atoms with van der Waals surface area (Å²) in [4.78, 5) is 11.3. The minimum Gasteiger partial charge on any atom is -0.434 e. The van der Waals surface area contributed by atoms with Gasteiger partial charge in [0.15, 0.2) is 0 Å². The van der Waals surface area contributed by atoms with E-state index in [0.717, 1.165) is 12.0 Å². The Labute approximate surface area is 102 Å². The van der Waals surface area contributed by atoms with Gasteiger partial charge >= 0.3 is 6.16 Å². The molecule has 0 saturated carbocycles. The van der Waals surface area contributed by atoms with Gasteiger partial charge in [0.1, 0.15) is 5.75 Å². The zero-order chi connectivity index (χ0) is 12.7. The standard InChI is InChI=1S/C13H19NO3/c1-10(2)9-16-13(15)17-12-5-3-11(4-6-12)7-8-14/h3-6,10H,7-9,14H2,1-2H3. The maximum Gasteiger partial charge on any atom is 0.513 e. The first-order chi connectivity index (χ1) is 8.11. The van der Waals surface area contributed by atoms with Crippen molar-refractivity contribution in [1.82, 2.24) is 0 Å². The highest BCUT2D eigenvalue weighted by Gasteiger charge is 2.06. The molecule has 0 radical (unpaired) electrons. The van der Waals surface area contributed by atoms with Crippen molar-refractivity contribution in [2.24, 2.45) is 11.7 Å². The first-order valence-corrected chi connectivity index (χ1v) is 5.75. The number of hydrogen-bond donors (Lipinski definition) is 1. The first-order valence-electron chi connectivity index (χ1n) is 5.75. The fourth-order valence-electron chi connectivity index (χ4n) is 1.25. The Kier molecular flexibility index (Phi) is 5.49. The summed E-state index contributed by atoms with van der Waals surface area (Å²) >= 11 is 0. The molecule has 0 amide bonds. The molecule has 2 N–H and O–H groups in total. The van der Waals surface area contributed by atoms with Crippen LogP contribution in [0.25, 0.3) is 0 Å². The third kappa shape index (κ3) is 5.36. The third-order valence-corrected chi connectivity index (χ3v) is 2.09. The molecule has 0 aromatic heterocycles. The number of rotatable bonds is 5. The Bertz CT molecular complexity index is 346. The number of nitrogens with two attached hydrogens (primary N) is 1. The predicted octanol–water partition coefficient (Wildman–Crippen LogP) is 2.36. The summed E-state index contributed by atoms with van der Waals surface area (Å²) in [5.74, 6) is 0.786. The lowest BCUT2D eigenvalue weighted by atomic mass is 10.1. The monoisotopic (exact) mass is 237 g/mol. The highest BCUT2D eigenvalue weighted by atomic mass is 16.7. The fraction of sp³-hybridized carbons (Fsp3) is 0.462. The normalized spacial score (nSPS) is 10.4. The number of ether oxygens (including phenoxy) is 2. The summed E-state index contributed by atoms with van der Waals surface area (Å²) in [6.45, 7) is 4.91. The van der Waals surface area contributed by atoms with Gasteiger partial charge in [-0.05, 0) is 36.6 Å². The molecule has 0 fully saturated rings. The summed E-state index contributed by atoms with van der Waals surface area (Å²) in [5.41, 5.74) is 6.56. The molecule has 1 rings (SSSR count). The van der Waals surface area contributed by atoms with E-state index >= 15 is 0 Å². The fourth-order valence-corrected chi connectivity index (χ4v) is 1.25. The Morgan fingerprint density at radius 1 is 1.29 bits per heavy atom. The molecule has 1 aromatic carbocycles. The SMILES string of the molecule is CC(C)COC(=O)Oc1ccc(CCN)cc1. The second-order valence-electron chi connectivity index (χ2n) is 4.24. The molecule has 0 atom stereocenters. The molecule has 1 aromatic rings. The Balaban J connectivity index is 2.43. The highest BCUT2D eigenvalue weighted by Crippen LogP contribution is 2.13. The molecular weight excluding hydrogens is 218 g/mol. The van der Waals surface area contributed by atoms with Crippen molar-refractivity contribution in [2.45, 2.75) is 20.3 Å². The van der Waals surface area contributed by atoms with E-state index in [1.165, 1.54) is 0 Å². The van der Waals surface area contributed by atoms with Crippen LogP contribution in [0.15, 0.2) is 24.3 Å². The zero-order valence-electron chi connectivity index (χ0n) is 10.3. The molecule has 0 unspecified atom stereocenters. The number of carbonyl (C=O) groups is 1. The van der Waals surface area contributed by atoms with Gasteiger partial charge in [0, 0.05) is 0 Å². The van der Waals surface area contributed by atoms with Gasteiger partial charge in [0.05, 0.1) is 6.61 Å². The Hall–Kier alpha value is -1.55. The van der Waals surface area contributed by atoms with Gasteiger partial charge in [-0.1, -0.05) is 26.0 Å². The molecule has 94 valence electrons. The molecule has 4 heteroatoms. The number of carbonyl (C=O) groups excluding carboxylic acids is 1. The average Bonchev–Trinajstić information content (AvgIpc) is 2.29. The second-order valence-corrected chi connectivity index (χ2v) is 4.24. The van der Waals surface area contributed by atoms with E-state index in [2.05, 4.69) is 0 Å². The van der Waals surface area contributed by atoms with E-state index in [0.29, 0.717) is 24.8 Å². The lowest BCUT2D eigenvalue weighted by Gasteiger charge is -2.08. The van der Waals surface area contributed by atoms with Crippen molar-refractivity contribution in [3.63, 3.8) is 0 Å². The smallest absolute Gasteiger partial charge is 0.434 e. The van der Waals surface area contributed by atoms with Crippen molar-refractivity contribution in [1.29, 1.82) is 0 Å². The van der Waals surface area contributed by atoms with Gasteiger partial charge in [-0.2, -0.15) is 0 Å². The maximum atomic E-state index is 11.3. The van der Waals surface area contributed by atoms with E-state index in [9.17, 15) is 4.79 Å². The van der Waals surface area contributed by atoms with Gasteiger partial charge in [0.2, 0.25) is 0 Å². The van der Waals surface area contributed by atoms with E-state index in [-0.39, 0.29) is 0 Å². The summed E-state index contributed by atoms with van der Waals surface area (Å²) in [6, 6.07) is 7.25. The van der Waals surface area contributed by atoms with Gasteiger partial charge in [-0.25, -0.2) is 4.79 Å². The molecule has 0 saturated heterocycles. The van der Waals surface area contributed by atoms with E-state index in [1.807, 2.05) is 26.0 Å². The van der Waals surface area contributed by atoms with Crippen LogP contribution in [-0.4, -0.2) is 19.3 Å².